The van der Waals surface area contributed by atoms with E-state index in [0.717, 1.165) is 13.0 Å². The molecule has 0 saturated carbocycles. The highest BCUT2D eigenvalue weighted by Gasteiger charge is 2.29. The fourth-order valence-corrected chi connectivity index (χ4v) is 3.72. The first-order valence-electron chi connectivity index (χ1n) is 6.84. The number of carbonyl (C=O) groups is 1. The van der Waals surface area contributed by atoms with Crippen molar-refractivity contribution in [3.8, 4) is 0 Å². The van der Waals surface area contributed by atoms with Crippen LogP contribution in [0, 0.1) is 0 Å². The van der Waals surface area contributed by atoms with E-state index in [0.29, 0.717) is 12.1 Å². The molecule has 1 N–H and O–H groups in total. The molecule has 21 heavy (non-hydrogen) atoms. The van der Waals surface area contributed by atoms with Crippen LogP contribution in [0.5, 0.6) is 0 Å². The second kappa shape index (κ2) is 6.13. The number of nitrogens with zero attached hydrogens (tertiary/aromatic N) is 2. The first kappa shape index (κ1) is 15.9. The van der Waals surface area contributed by atoms with E-state index in [1.807, 2.05) is 0 Å². The molecule has 1 aromatic rings. The molecule has 7 heteroatoms. The van der Waals surface area contributed by atoms with E-state index in [9.17, 15) is 13.2 Å². The van der Waals surface area contributed by atoms with Crippen molar-refractivity contribution >= 4 is 15.9 Å². The van der Waals surface area contributed by atoms with Crippen molar-refractivity contribution in [1.29, 1.82) is 0 Å². The van der Waals surface area contributed by atoms with E-state index in [2.05, 4.69) is 5.32 Å². The minimum Gasteiger partial charge on any atom is -0.345 e. The molecule has 0 bridgehead atoms. The minimum absolute atomic E-state index is 0.0157. The normalized spacial score (nSPS) is 19.0. The van der Waals surface area contributed by atoms with Gasteiger partial charge in [-0.05, 0) is 37.2 Å². The lowest BCUT2D eigenvalue weighted by Gasteiger charge is -2.23. The lowest BCUT2D eigenvalue weighted by Crippen LogP contribution is -2.38. The standard InChI is InChI=1S/C14H21N3O3S/c1-16(2)14(18)11-4-6-13(7-5-11)21(19,20)17(3)12-8-9-15-10-12/h4-7,12,15H,8-10H2,1-3H3. The van der Waals surface area contributed by atoms with Gasteiger partial charge in [0.25, 0.3) is 5.91 Å². The Bertz CT molecular complexity index is 605. The molecule has 1 aromatic carbocycles. The molecular weight excluding hydrogens is 290 g/mol. The fourth-order valence-electron chi connectivity index (χ4n) is 2.34. The molecule has 1 aliphatic heterocycles. The average Bonchev–Trinajstić information content (AvgIpc) is 2.99. The van der Waals surface area contributed by atoms with Gasteiger partial charge in [0, 0.05) is 39.3 Å². The quantitative estimate of drug-likeness (QED) is 0.872. The van der Waals surface area contributed by atoms with Gasteiger partial charge in [0.15, 0.2) is 0 Å². The third-order valence-electron chi connectivity index (χ3n) is 3.73. The van der Waals surface area contributed by atoms with E-state index >= 15 is 0 Å². The third-order valence-corrected chi connectivity index (χ3v) is 5.66. The average molecular weight is 311 g/mol. The number of carbonyl (C=O) groups excluding carboxylic acids is 1. The summed E-state index contributed by atoms with van der Waals surface area (Å²) < 4.78 is 26.5. The van der Waals surface area contributed by atoms with Crippen LogP contribution in [-0.2, 0) is 10.0 Å². The van der Waals surface area contributed by atoms with Crippen molar-refractivity contribution in [1.82, 2.24) is 14.5 Å². The van der Waals surface area contributed by atoms with Gasteiger partial charge in [0.1, 0.15) is 0 Å². The van der Waals surface area contributed by atoms with Crippen LogP contribution in [0.15, 0.2) is 29.2 Å². The number of hydrogen-bond donors (Lipinski definition) is 1. The largest absolute Gasteiger partial charge is 0.345 e. The van der Waals surface area contributed by atoms with E-state index in [1.165, 1.54) is 21.3 Å². The molecule has 1 heterocycles. The van der Waals surface area contributed by atoms with Gasteiger partial charge in [-0.2, -0.15) is 4.31 Å². The molecule has 1 unspecified atom stereocenters. The summed E-state index contributed by atoms with van der Waals surface area (Å²) in [5.41, 5.74) is 0.476. The van der Waals surface area contributed by atoms with Crippen molar-refractivity contribution in [2.45, 2.75) is 17.4 Å². The van der Waals surface area contributed by atoms with Crippen LogP contribution < -0.4 is 5.32 Å². The van der Waals surface area contributed by atoms with Crippen LogP contribution in [0.1, 0.15) is 16.8 Å². The van der Waals surface area contributed by atoms with Crippen LogP contribution in [0.3, 0.4) is 0 Å². The Morgan fingerprint density at radius 2 is 1.81 bits per heavy atom. The Hall–Kier alpha value is -1.44. The van der Waals surface area contributed by atoms with E-state index in [4.69, 9.17) is 0 Å². The maximum atomic E-state index is 12.5. The molecule has 116 valence electrons. The van der Waals surface area contributed by atoms with Crippen molar-refractivity contribution in [3.05, 3.63) is 29.8 Å². The van der Waals surface area contributed by atoms with Crippen LogP contribution >= 0.6 is 0 Å². The number of likely N-dealkylation sites (N-methyl/N-ethyl adjacent to an activating group) is 1. The summed E-state index contributed by atoms with van der Waals surface area (Å²) in [6, 6.07) is 6.07. The van der Waals surface area contributed by atoms with Crippen LogP contribution in [-0.4, -0.2) is 63.8 Å². The fraction of sp³-hybridized carbons (Fsp3) is 0.500. The number of benzene rings is 1. The number of amides is 1. The van der Waals surface area contributed by atoms with Gasteiger partial charge in [-0.25, -0.2) is 8.42 Å². The van der Waals surface area contributed by atoms with Crippen LogP contribution in [0.25, 0.3) is 0 Å². The first-order valence-corrected chi connectivity index (χ1v) is 8.28. The minimum atomic E-state index is -3.52. The van der Waals surface area contributed by atoms with Crippen molar-refractivity contribution < 1.29 is 13.2 Å². The molecule has 0 aliphatic carbocycles. The second-order valence-corrected chi connectivity index (χ2v) is 7.39. The number of sulfonamides is 1. The van der Waals surface area contributed by atoms with Crippen molar-refractivity contribution in [3.63, 3.8) is 0 Å². The van der Waals surface area contributed by atoms with Gasteiger partial charge >= 0.3 is 0 Å². The third kappa shape index (κ3) is 3.25. The molecule has 0 radical (unpaired) electrons. The molecule has 0 spiro atoms. The summed E-state index contributed by atoms with van der Waals surface area (Å²) in [6.07, 6.45) is 0.812. The summed E-state index contributed by atoms with van der Waals surface area (Å²) in [5.74, 6) is -0.146. The highest BCUT2D eigenvalue weighted by Crippen LogP contribution is 2.20. The maximum Gasteiger partial charge on any atom is 0.253 e. The Morgan fingerprint density at radius 1 is 1.19 bits per heavy atom. The Kier molecular flexibility index (Phi) is 4.65. The highest BCUT2D eigenvalue weighted by atomic mass is 32.2. The molecule has 1 amide bonds. The summed E-state index contributed by atoms with van der Waals surface area (Å²) in [5, 5.41) is 3.16. The van der Waals surface area contributed by atoms with E-state index in [1.54, 1.807) is 33.3 Å². The Balaban J connectivity index is 2.22. The van der Waals surface area contributed by atoms with Gasteiger partial charge in [0.2, 0.25) is 10.0 Å². The van der Waals surface area contributed by atoms with Crippen molar-refractivity contribution in [2.75, 3.05) is 34.2 Å². The van der Waals surface area contributed by atoms with Gasteiger partial charge in [0.05, 0.1) is 4.90 Å². The van der Waals surface area contributed by atoms with Gasteiger partial charge in [-0.1, -0.05) is 0 Å². The molecule has 1 saturated heterocycles. The van der Waals surface area contributed by atoms with Crippen LogP contribution in [0.2, 0.25) is 0 Å². The second-order valence-electron chi connectivity index (χ2n) is 5.39. The maximum absolute atomic E-state index is 12.5. The molecule has 0 aromatic heterocycles. The SMILES string of the molecule is CN(C)C(=O)c1ccc(S(=O)(=O)N(C)C2CCNC2)cc1. The monoisotopic (exact) mass is 311 g/mol. The smallest absolute Gasteiger partial charge is 0.253 e. The Labute approximate surface area is 125 Å². The summed E-state index contributed by atoms with van der Waals surface area (Å²) in [7, 11) is 1.41. The summed E-state index contributed by atoms with van der Waals surface area (Å²) in [6.45, 7) is 1.51. The lowest BCUT2D eigenvalue weighted by molar-refractivity contribution is 0.0827. The topological polar surface area (TPSA) is 69.7 Å². The van der Waals surface area contributed by atoms with E-state index < -0.39 is 10.0 Å². The molecule has 2 rings (SSSR count). The number of hydrogen-bond acceptors (Lipinski definition) is 4. The summed E-state index contributed by atoms with van der Waals surface area (Å²) in [4.78, 5) is 13.5. The van der Waals surface area contributed by atoms with Crippen LogP contribution in [0.4, 0.5) is 0 Å². The molecule has 1 aliphatic rings. The molecule has 1 atom stereocenters. The zero-order valence-corrected chi connectivity index (χ0v) is 13.4. The zero-order chi connectivity index (χ0) is 15.6. The lowest BCUT2D eigenvalue weighted by atomic mass is 10.2. The Morgan fingerprint density at radius 3 is 2.29 bits per heavy atom. The molecule has 6 nitrogen and oxygen atoms in total. The first-order chi connectivity index (χ1) is 9.84. The number of rotatable bonds is 4. The molecular formula is C14H21N3O3S. The van der Waals surface area contributed by atoms with Gasteiger partial charge in [-0.3, -0.25) is 4.79 Å². The van der Waals surface area contributed by atoms with Gasteiger partial charge < -0.3 is 10.2 Å². The predicted octanol–water partition coefficient (Wildman–Crippen LogP) is 0.371. The van der Waals surface area contributed by atoms with E-state index in [-0.39, 0.29) is 16.8 Å². The number of nitrogens with one attached hydrogen (secondary N) is 1. The molecule has 1 fully saturated rings. The zero-order valence-electron chi connectivity index (χ0n) is 12.5. The highest BCUT2D eigenvalue weighted by molar-refractivity contribution is 7.89. The summed E-state index contributed by atoms with van der Waals surface area (Å²) >= 11 is 0. The van der Waals surface area contributed by atoms with Gasteiger partial charge in [-0.15, -0.1) is 0 Å². The predicted molar refractivity (Wildman–Crippen MR) is 80.7 cm³/mol. The van der Waals surface area contributed by atoms with Crippen molar-refractivity contribution in [2.24, 2.45) is 0 Å².